The maximum atomic E-state index is 14.3. The van der Waals surface area contributed by atoms with E-state index in [0.29, 0.717) is 30.0 Å². The van der Waals surface area contributed by atoms with Gasteiger partial charge in [-0.2, -0.15) is 0 Å². The van der Waals surface area contributed by atoms with E-state index < -0.39 is 35.0 Å². The van der Waals surface area contributed by atoms with Gasteiger partial charge in [-0.1, -0.05) is 49.4 Å². The maximum absolute atomic E-state index is 14.3. The van der Waals surface area contributed by atoms with Crippen LogP contribution in [0.2, 0.25) is 5.02 Å². The molecule has 5 atom stereocenters. The van der Waals surface area contributed by atoms with E-state index in [1.165, 1.54) is 15.9 Å². The van der Waals surface area contributed by atoms with Crippen LogP contribution in [0, 0.1) is 11.8 Å². The number of para-hydroxylation sites is 1. The highest BCUT2D eigenvalue weighted by Crippen LogP contribution is 2.64. The van der Waals surface area contributed by atoms with Crippen LogP contribution in [0.15, 0.2) is 49.6 Å². The first-order valence-corrected chi connectivity index (χ1v) is 12.8. The molecule has 2 unspecified atom stereocenters. The average Bonchev–Trinajstić information content (AvgIpc) is 3.48. The van der Waals surface area contributed by atoms with Crippen molar-refractivity contribution in [2.45, 2.75) is 49.9 Å². The molecule has 36 heavy (non-hydrogen) atoms. The first kappa shape index (κ1) is 26.4. The molecule has 194 valence electrons. The van der Waals surface area contributed by atoms with Crippen molar-refractivity contribution in [3.8, 4) is 0 Å². The van der Waals surface area contributed by atoms with Crippen LogP contribution >= 0.6 is 11.6 Å². The molecule has 1 N–H and O–H groups in total. The van der Waals surface area contributed by atoms with Crippen LogP contribution in [0.3, 0.4) is 0 Å². The molecule has 2 bridgehead atoms. The molecule has 0 radical (unpaired) electrons. The number of halogens is 1. The predicted octanol–water partition coefficient (Wildman–Crippen LogP) is 3.13. The predicted molar refractivity (Wildman–Crippen MR) is 135 cm³/mol. The number of benzene rings is 1. The summed E-state index contributed by atoms with van der Waals surface area (Å²) in [7, 11) is 0. The number of fused-ring (bicyclic) bond motifs is 1. The van der Waals surface area contributed by atoms with Crippen LogP contribution in [0.25, 0.3) is 0 Å². The van der Waals surface area contributed by atoms with Gasteiger partial charge in [0.25, 0.3) is 5.91 Å². The minimum Gasteiger partial charge on any atom is -0.461 e. The Morgan fingerprint density at radius 2 is 2.06 bits per heavy atom. The monoisotopic (exact) mass is 516 g/mol. The molecule has 9 heteroatoms. The van der Waals surface area contributed by atoms with Gasteiger partial charge in [0.1, 0.15) is 24.2 Å². The zero-order valence-electron chi connectivity index (χ0n) is 20.5. The third-order valence-electron chi connectivity index (χ3n) is 7.79. The molecule has 3 saturated heterocycles. The van der Waals surface area contributed by atoms with Gasteiger partial charge < -0.3 is 24.4 Å². The van der Waals surface area contributed by atoms with Crippen LogP contribution < -0.4 is 4.90 Å². The molecule has 3 aliphatic heterocycles. The molecule has 3 heterocycles. The summed E-state index contributed by atoms with van der Waals surface area (Å²) >= 11 is 6.46. The first-order chi connectivity index (χ1) is 17.3. The third kappa shape index (κ3) is 3.96. The normalized spacial score (nSPS) is 30.2. The number of carbonyl (C=O) groups is 3. The topological polar surface area (TPSA) is 96.4 Å². The minimum absolute atomic E-state index is 0.0270. The lowest BCUT2D eigenvalue weighted by Crippen LogP contribution is -2.56. The SMILES string of the molecule is C=CCOC(=O)[C@H]1[C@H]2C(=O)N(CCCO)C(C(=O)N(CC=C)c3ccccc3Cl)C23CC[C@]1(CC)O3. The van der Waals surface area contributed by atoms with Gasteiger partial charge in [-0.3, -0.25) is 14.4 Å². The number of anilines is 1. The Bertz CT molecular complexity index is 1060. The lowest BCUT2D eigenvalue weighted by molar-refractivity contribution is -0.159. The number of aliphatic hydroxyl groups excluding tert-OH is 1. The second kappa shape index (κ2) is 10.4. The van der Waals surface area contributed by atoms with Gasteiger partial charge >= 0.3 is 5.97 Å². The number of hydrogen-bond donors (Lipinski definition) is 1. The highest BCUT2D eigenvalue weighted by atomic mass is 35.5. The molecule has 1 aromatic carbocycles. The molecule has 3 aliphatic rings. The van der Waals surface area contributed by atoms with Gasteiger partial charge in [0.15, 0.2) is 0 Å². The molecule has 4 rings (SSSR count). The zero-order valence-corrected chi connectivity index (χ0v) is 21.3. The Labute approximate surface area is 216 Å². The maximum Gasteiger partial charge on any atom is 0.313 e. The first-order valence-electron chi connectivity index (χ1n) is 12.4. The van der Waals surface area contributed by atoms with Gasteiger partial charge in [0.05, 0.1) is 22.2 Å². The summed E-state index contributed by atoms with van der Waals surface area (Å²) in [6.07, 6.45) is 4.86. The smallest absolute Gasteiger partial charge is 0.313 e. The van der Waals surface area contributed by atoms with Crippen molar-refractivity contribution in [3.05, 3.63) is 54.6 Å². The number of hydrogen-bond acceptors (Lipinski definition) is 6. The molecule has 8 nitrogen and oxygen atoms in total. The van der Waals surface area contributed by atoms with E-state index >= 15 is 0 Å². The zero-order chi connectivity index (χ0) is 26.1. The van der Waals surface area contributed by atoms with Crippen molar-refractivity contribution in [2.75, 3.05) is 31.2 Å². The molecule has 1 aromatic rings. The Morgan fingerprint density at radius 3 is 2.69 bits per heavy atom. The van der Waals surface area contributed by atoms with Crippen molar-refractivity contribution in [1.82, 2.24) is 4.90 Å². The largest absolute Gasteiger partial charge is 0.461 e. The number of nitrogens with zero attached hydrogens (tertiary/aromatic N) is 2. The fraction of sp³-hybridized carbons (Fsp3) is 0.519. The van der Waals surface area contributed by atoms with Crippen LogP contribution in [0.5, 0.6) is 0 Å². The molecule has 1 spiro atoms. The summed E-state index contributed by atoms with van der Waals surface area (Å²) in [6.45, 7) is 9.54. The summed E-state index contributed by atoms with van der Waals surface area (Å²) in [5.41, 5.74) is -1.57. The van der Waals surface area contributed by atoms with E-state index in [9.17, 15) is 19.5 Å². The van der Waals surface area contributed by atoms with Gasteiger partial charge in [-0.15, -0.1) is 6.58 Å². The average molecular weight is 517 g/mol. The van der Waals surface area contributed by atoms with E-state index in [1.807, 2.05) is 6.92 Å². The molecule has 0 saturated carbocycles. The van der Waals surface area contributed by atoms with Crippen LogP contribution in [0.4, 0.5) is 5.69 Å². The van der Waals surface area contributed by atoms with Crippen molar-refractivity contribution >= 4 is 35.1 Å². The Balaban J connectivity index is 1.81. The summed E-state index contributed by atoms with van der Waals surface area (Å²) in [5, 5.41) is 9.91. The number of carbonyl (C=O) groups excluding carboxylic acids is 3. The van der Waals surface area contributed by atoms with Gasteiger partial charge in [-0.25, -0.2) is 0 Å². The second-order valence-corrected chi connectivity index (χ2v) is 9.96. The highest BCUT2D eigenvalue weighted by Gasteiger charge is 2.79. The number of rotatable bonds is 11. The molecule has 2 amide bonds. The fourth-order valence-corrected chi connectivity index (χ4v) is 6.56. The van der Waals surface area contributed by atoms with Crippen molar-refractivity contribution < 1.29 is 29.0 Å². The lowest BCUT2D eigenvalue weighted by Gasteiger charge is -2.37. The van der Waals surface area contributed by atoms with E-state index in [-0.39, 0.29) is 44.5 Å². The standard InChI is InChI=1S/C27H33ClN2O6/c1-4-14-29(19-11-8-7-10-18(19)28)24(33)22-27-13-12-26(6-3,36-27)21(25(34)35-17-5-2)20(27)23(32)30(22)15-9-16-31/h4-5,7-8,10-11,20-22,31H,1-2,6,9,12-17H2,3H3/t20-,21+,22?,26-,27?/m0/s1. The Kier molecular flexibility index (Phi) is 7.59. The second-order valence-electron chi connectivity index (χ2n) is 9.55. The molecular formula is C27H33ClN2O6. The number of likely N-dealkylation sites (tertiary alicyclic amines) is 1. The van der Waals surface area contributed by atoms with Crippen molar-refractivity contribution in [3.63, 3.8) is 0 Å². The van der Waals surface area contributed by atoms with Crippen molar-refractivity contribution in [2.24, 2.45) is 11.8 Å². The highest BCUT2D eigenvalue weighted by molar-refractivity contribution is 6.34. The quantitative estimate of drug-likeness (QED) is 0.358. The Morgan fingerprint density at radius 1 is 1.31 bits per heavy atom. The van der Waals surface area contributed by atoms with Gasteiger partial charge in [0.2, 0.25) is 5.91 Å². The Hall–Kier alpha value is -2.68. The molecule has 0 aromatic heterocycles. The summed E-state index contributed by atoms with van der Waals surface area (Å²) in [6, 6.07) is 6.01. The van der Waals surface area contributed by atoms with Crippen LogP contribution in [-0.2, 0) is 23.9 Å². The van der Waals surface area contributed by atoms with E-state index in [0.717, 1.165) is 0 Å². The number of aliphatic hydroxyl groups is 1. The van der Waals surface area contributed by atoms with Gasteiger partial charge in [-0.05, 0) is 37.8 Å². The number of esters is 1. The third-order valence-corrected chi connectivity index (χ3v) is 8.11. The molecule has 0 aliphatic carbocycles. The molecular weight excluding hydrogens is 484 g/mol. The summed E-state index contributed by atoms with van der Waals surface area (Å²) < 4.78 is 12.1. The van der Waals surface area contributed by atoms with Crippen LogP contribution in [0.1, 0.15) is 32.6 Å². The summed E-state index contributed by atoms with van der Waals surface area (Å²) in [4.78, 5) is 44.5. The van der Waals surface area contributed by atoms with E-state index in [4.69, 9.17) is 21.1 Å². The minimum atomic E-state index is -1.18. The van der Waals surface area contributed by atoms with Gasteiger partial charge in [0, 0.05) is 19.7 Å². The van der Waals surface area contributed by atoms with Crippen LogP contribution in [-0.4, -0.2) is 71.3 Å². The van der Waals surface area contributed by atoms with E-state index in [2.05, 4.69) is 13.2 Å². The lowest BCUT2D eigenvalue weighted by atomic mass is 9.65. The van der Waals surface area contributed by atoms with E-state index in [1.54, 1.807) is 30.3 Å². The fourth-order valence-electron chi connectivity index (χ4n) is 6.32. The number of ether oxygens (including phenoxy) is 2. The van der Waals surface area contributed by atoms with Crippen molar-refractivity contribution in [1.29, 1.82) is 0 Å². The molecule has 3 fully saturated rings. The summed E-state index contributed by atoms with van der Waals surface area (Å²) in [5.74, 6) is -2.88. The number of amides is 2.